The van der Waals surface area contributed by atoms with Gasteiger partial charge in [-0.2, -0.15) is 0 Å². The van der Waals surface area contributed by atoms with Gasteiger partial charge in [0.25, 0.3) is 0 Å². The number of hydrogen-bond donors (Lipinski definition) is 0. The van der Waals surface area contributed by atoms with Crippen LogP contribution in [0.2, 0.25) is 0 Å². The Morgan fingerprint density at radius 2 is 2.30 bits per heavy atom. The molecular weight excluding hydrogens is 254 g/mol. The van der Waals surface area contributed by atoms with Gasteiger partial charge in [0.15, 0.2) is 0 Å². The van der Waals surface area contributed by atoms with Gasteiger partial charge in [0.05, 0.1) is 17.9 Å². The van der Waals surface area contributed by atoms with E-state index in [2.05, 4.69) is 28.7 Å². The Balaban J connectivity index is 1.62. The normalized spacial score (nSPS) is 34.7. The third-order valence-electron chi connectivity index (χ3n) is 4.38. The highest BCUT2D eigenvalue weighted by atomic mass is 16.6. The highest BCUT2D eigenvalue weighted by Crippen LogP contribution is 2.34. The minimum absolute atomic E-state index is 0.111. The average Bonchev–Trinajstić information content (AvgIpc) is 2.77. The van der Waals surface area contributed by atoms with Gasteiger partial charge in [0.2, 0.25) is 0 Å². The first kappa shape index (κ1) is 13.9. The van der Waals surface area contributed by atoms with E-state index in [0.29, 0.717) is 0 Å². The van der Waals surface area contributed by atoms with Crippen molar-refractivity contribution < 1.29 is 9.47 Å². The topological polar surface area (TPSA) is 47.5 Å². The van der Waals surface area contributed by atoms with Crippen molar-refractivity contribution in [3.05, 3.63) is 24.3 Å². The molecule has 5 nitrogen and oxygen atoms in total. The maximum absolute atomic E-state index is 6.23. The standard InChI is InChI=1S/C15H23N3O2/c1-12-10-18(7-3-14-9-16-5-6-17-14)11-15(20-12)4-8-19-13(15)2/h5-6,9,12-13H,3-4,7-8,10-11H2,1-2H3. The van der Waals surface area contributed by atoms with Gasteiger partial charge in [-0.05, 0) is 13.8 Å². The molecule has 1 spiro atoms. The molecule has 3 heterocycles. The van der Waals surface area contributed by atoms with E-state index in [0.717, 1.165) is 44.8 Å². The van der Waals surface area contributed by atoms with E-state index in [4.69, 9.17) is 9.47 Å². The first-order valence-electron chi connectivity index (χ1n) is 7.45. The van der Waals surface area contributed by atoms with Gasteiger partial charge >= 0.3 is 0 Å². The molecule has 0 N–H and O–H groups in total. The molecule has 0 saturated carbocycles. The second-order valence-corrected chi connectivity index (χ2v) is 5.94. The lowest BCUT2D eigenvalue weighted by Crippen LogP contribution is -2.58. The van der Waals surface area contributed by atoms with Gasteiger partial charge in [0, 0.05) is 57.7 Å². The van der Waals surface area contributed by atoms with Crippen LogP contribution < -0.4 is 0 Å². The fraction of sp³-hybridized carbons (Fsp3) is 0.733. The van der Waals surface area contributed by atoms with Crippen LogP contribution in [-0.2, 0) is 15.9 Å². The quantitative estimate of drug-likeness (QED) is 0.833. The van der Waals surface area contributed by atoms with Crippen LogP contribution in [-0.4, -0.2) is 58.9 Å². The lowest BCUT2D eigenvalue weighted by atomic mass is 9.93. The second-order valence-electron chi connectivity index (χ2n) is 5.94. The molecule has 2 aliphatic rings. The van der Waals surface area contributed by atoms with Crippen LogP contribution in [0.4, 0.5) is 0 Å². The van der Waals surface area contributed by atoms with Crippen molar-refractivity contribution >= 4 is 0 Å². The summed E-state index contributed by atoms with van der Waals surface area (Å²) in [6.45, 7) is 8.04. The second kappa shape index (κ2) is 5.76. The lowest BCUT2D eigenvalue weighted by Gasteiger charge is -2.45. The predicted molar refractivity (Wildman–Crippen MR) is 75.5 cm³/mol. The van der Waals surface area contributed by atoms with E-state index < -0.39 is 0 Å². The van der Waals surface area contributed by atoms with Crippen LogP contribution in [0, 0.1) is 0 Å². The maximum atomic E-state index is 6.23. The first-order chi connectivity index (χ1) is 9.68. The summed E-state index contributed by atoms with van der Waals surface area (Å²) in [6.07, 6.45) is 7.70. The molecule has 0 bridgehead atoms. The smallest absolute Gasteiger partial charge is 0.109 e. The van der Waals surface area contributed by atoms with Crippen LogP contribution >= 0.6 is 0 Å². The molecule has 110 valence electrons. The Bertz CT molecular complexity index is 442. The molecule has 0 radical (unpaired) electrons. The van der Waals surface area contributed by atoms with Gasteiger partial charge in [-0.3, -0.25) is 14.9 Å². The zero-order valence-corrected chi connectivity index (χ0v) is 12.3. The third-order valence-corrected chi connectivity index (χ3v) is 4.38. The van der Waals surface area contributed by atoms with Gasteiger partial charge in [0.1, 0.15) is 5.60 Å². The summed E-state index contributed by atoms with van der Waals surface area (Å²) in [7, 11) is 0. The molecule has 3 atom stereocenters. The number of nitrogens with zero attached hydrogens (tertiary/aromatic N) is 3. The number of aromatic nitrogens is 2. The third kappa shape index (κ3) is 2.85. The van der Waals surface area contributed by atoms with Crippen LogP contribution in [0.25, 0.3) is 0 Å². The van der Waals surface area contributed by atoms with Crippen molar-refractivity contribution in [2.75, 3.05) is 26.2 Å². The number of rotatable bonds is 3. The van der Waals surface area contributed by atoms with Gasteiger partial charge in [-0.25, -0.2) is 0 Å². The van der Waals surface area contributed by atoms with Crippen molar-refractivity contribution in [2.45, 2.75) is 44.5 Å². The molecule has 0 aliphatic carbocycles. The highest BCUT2D eigenvalue weighted by Gasteiger charge is 2.47. The molecule has 3 unspecified atom stereocenters. The Morgan fingerprint density at radius 3 is 3.00 bits per heavy atom. The summed E-state index contributed by atoms with van der Waals surface area (Å²) in [5, 5.41) is 0. The first-order valence-corrected chi connectivity index (χ1v) is 7.45. The minimum Gasteiger partial charge on any atom is -0.375 e. The number of ether oxygens (including phenoxy) is 2. The van der Waals surface area contributed by atoms with Crippen LogP contribution in [0.3, 0.4) is 0 Å². The summed E-state index contributed by atoms with van der Waals surface area (Å²) >= 11 is 0. The molecular formula is C15H23N3O2. The van der Waals surface area contributed by atoms with Gasteiger partial charge in [-0.15, -0.1) is 0 Å². The molecule has 3 rings (SSSR count). The van der Waals surface area contributed by atoms with E-state index in [1.165, 1.54) is 0 Å². The van der Waals surface area contributed by atoms with E-state index >= 15 is 0 Å². The Labute approximate surface area is 120 Å². The van der Waals surface area contributed by atoms with E-state index in [9.17, 15) is 0 Å². The van der Waals surface area contributed by atoms with Gasteiger partial charge in [-0.1, -0.05) is 0 Å². The van der Waals surface area contributed by atoms with Crippen molar-refractivity contribution in [3.63, 3.8) is 0 Å². The maximum Gasteiger partial charge on any atom is 0.109 e. The fourth-order valence-corrected chi connectivity index (χ4v) is 3.31. The summed E-state index contributed by atoms with van der Waals surface area (Å²) in [6, 6.07) is 0. The van der Waals surface area contributed by atoms with Gasteiger partial charge < -0.3 is 9.47 Å². The molecule has 1 aromatic rings. The van der Waals surface area contributed by atoms with Crippen LogP contribution in [0.15, 0.2) is 18.6 Å². The predicted octanol–water partition coefficient (Wildman–Crippen LogP) is 1.29. The zero-order chi connectivity index (χ0) is 14.0. The molecule has 5 heteroatoms. The Kier molecular flexibility index (Phi) is 4.01. The molecule has 0 amide bonds. The molecule has 0 aromatic carbocycles. The molecule has 2 fully saturated rings. The van der Waals surface area contributed by atoms with Crippen LogP contribution in [0.1, 0.15) is 26.0 Å². The molecule has 20 heavy (non-hydrogen) atoms. The minimum atomic E-state index is -0.111. The molecule has 1 aromatic heterocycles. The van der Waals surface area contributed by atoms with E-state index in [1.807, 2.05) is 6.20 Å². The zero-order valence-electron chi connectivity index (χ0n) is 12.3. The Morgan fingerprint density at radius 1 is 1.40 bits per heavy atom. The Hall–Kier alpha value is -1.04. The fourth-order valence-electron chi connectivity index (χ4n) is 3.31. The molecule has 2 saturated heterocycles. The van der Waals surface area contributed by atoms with Crippen LogP contribution in [0.5, 0.6) is 0 Å². The number of morpholine rings is 1. The SMILES string of the molecule is CC1CN(CCc2cnccn2)CC2(CCOC2C)O1. The van der Waals surface area contributed by atoms with E-state index in [1.54, 1.807) is 12.4 Å². The molecule has 2 aliphatic heterocycles. The van der Waals surface area contributed by atoms with Crippen molar-refractivity contribution in [2.24, 2.45) is 0 Å². The average molecular weight is 277 g/mol. The van der Waals surface area contributed by atoms with Crippen molar-refractivity contribution in [3.8, 4) is 0 Å². The summed E-state index contributed by atoms with van der Waals surface area (Å²) in [5.74, 6) is 0. The van der Waals surface area contributed by atoms with Crippen molar-refractivity contribution in [1.29, 1.82) is 0 Å². The largest absolute Gasteiger partial charge is 0.375 e. The lowest BCUT2D eigenvalue weighted by molar-refractivity contribution is -0.168. The summed E-state index contributed by atoms with van der Waals surface area (Å²) < 4.78 is 12.0. The highest BCUT2D eigenvalue weighted by molar-refractivity contribution is 5.00. The monoisotopic (exact) mass is 277 g/mol. The van der Waals surface area contributed by atoms with E-state index in [-0.39, 0.29) is 17.8 Å². The summed E-state index contributed by atoms with van der Waals surface area (Å²) in [5.41, 5.74) is 0.941. The number of hydrogen-bond acceptors (Lipinski definition) is 5. The van der Waals surface area contributed by atoms with Crippen molar-refractivity contribution in [1.82, 2.24) is 14.9 Å². The summed E-state index contributed by atoms with van der Waals surface area (Å²) in [4.78, 5) is 10.9.